The summed E-state index contributed by atoms with van der Waals surface area (Å²) in [6.07, 6.45) is 32.2. The summed E-state index contributed by atoms with van der Waals surface area (Å²) in [5.74, 6) is 19.8. The summed E-state index contributed by atoms with van der Waals surface area (Å²) in [6.45, 7) is 111. The average molecular weight is 1900 g/mol. The molecule has 5 aromatic rings. The van der Waals surface area contributed by atoms with Crippen LogP contribution >= 0.6 is 11.8 Å². The van der Waals surface area contributed by atoms with E-state index in [1.807, 2.05) is 52.6 Å². The maximum absolute atomic E-state index is 10.3. The number of thioether (sulfide) groups is 1. The third-order valence-corrected chi connectivity index (χ3v) is 21.5. The van der Waals surface area contributed by atoms with Crippen LogP contribution in [0.15, 0.2) is 103 Å². The number of hydrogen-bond donors (Lipinski definition) is 3. The summed E-state index contributed by atoms with van der Waals surface area (Å²) < 4.78 is 0. The highest BCUT2D eigenvalue weighted by molar-refractivity contribution is 7.98. The van der Waals surface area contributed by atoms with Crippen LogP contribution < -0.4 is 5.73 Å². The number of aromatic amines is 2. The van der Waals surface area contributed by atoms with E-state index in [1.165, 1.54) is 122 Å². The molecule has 0 aliphatic carbocycles. The molecule has 0 aliphatic rings. The van der Waals surface area contributed by atoms with Gasteiger partial charge in [-0.15, -0.1) is 0 Å². The Morgan fingerprint density at radius 3 is 0.963 bits per heavy atom. The van der Waals surface area contributed by atoms with Gasteiger partial charge >= 0.3 is 0 Å². The van der Waals surface area contributed by atoms with Crippen LogP contribution in [0.3, 0.4) is 0 Å². The van der Waals surface area contributed by atoms with Gasteiger partial charge in [-0.2, -0.15) is 11.8 Å². The molecule has 0 radical (unpaired) electrons. The first-order valence-corrected chi connectivity index (χ1v) is 55.6. The minimum absolute atomic E-state index is 0.287. The number of para-hydroxylation sites is 1. The summed E-state index contributed by atoms with van der Waals surface area (Å²) in [6, 6.07) is 27.9. The fourth-order valence-corrected chi connectivity index (χ4v) is 11.0. The van der Waals surface area contributed by atoms with Gasteiger partial charge in [0, 0.05) is 61.2 Å². The number of ketones is 4. The van der Waals surface area contributed by atoms with Crippen LogP contribution in [0.1, 0.15) is 483 Å². The molecule has 1 atom stereocenters. The number of hydrogen-bond acceptors (Lipinski definition) is 7. The fraction of sp³-hybridized carbons (Fsp3) is 0.774. The maximum Gasteiger partial charge on any atom is 0.130 e. The van der Waals surface area contributed by atoms with Gasteiger partial charge in [-0.25, -0.2) is 4.98 Å². The summed E-state index contributed by atoms with van der Waals surface area (Å²) in [7, 11) is 0. The first kappa shape index (κ1) is 154. The number of H-pyrrole nitrogens is 2. The van der Waals surface area contributed by atoms with Gasteiger partial charge in [0.2, 0.25) is 0 Å². The first-order chi connectivity index (χ1) is 61.8. The van der Waals surface area contributed by atoms with Crippen molar-refractivity contribution >= 4 is 51.6 Å². The number of nitrogens with two attached hydrogens (primary N) is 1. The molecule has 9 nitrogen and oxygen atoms in total. The Morgan fingerprint density at radius 2 is 0.724 bits per heavy atom. The lowest BCUT2D eigenvalue weighted by molar-refractivity contribution is -0.118. The van der Waals surface area contributed by atoms with E-state index in [4.69, 9.17) is 5.73 Å². The average Bonchev–Trinajstić information content (AvgIpc) is 1.69. The molecule has 0 bridgehead atoms. The monoisotopic (exact) mass is 1900 g/mol. The Hall–Kier alpha value is -5.09. The van der Waals surface area contributed by atoms with Gasteiger partial charge in [0.25, 0.3) is 0 Å². The normalized spacial score (nSPS) is 10.8. The molecule has 4 N–H and O–H groups in total. The lowest BCUT2D eigenvalue weighted by Gasteiger charge is -2.10. The van der Waals surface area contributed by atoms with Crippen LogP contribution in [0.5, 0.6) is 0 Å². The lowest BCUT2D eigenvalue weighted by atomic mass is 9.96. The number of aryl methyl sites for hydroxylation is 1. The molecule has 0 fully saturated rings. The number of carbonyl (C=O) groups excluding carboxylic acids is 4. The Kier molecular flexibility index (Phi) is 125. The zero-order chi connectivity index (χ0) is 107. The molecular weight excluding hydrogens is 1660 g/mol. The Balaban J connectivity index is -0.000000119. The van der Waals surface area contributed by atoms with Crippen LogP contribution in [0.25, 0.3) is 10.9 Å². The molecule has 134 heavy (non-hydrogen) atoms. The van der Waals surface area contributed by atoms with Crippen molar-refractivity contribution in [2.24, 2.45) is 135 Å². The van der Waals surface area contributed by atoms with Gasteiger partial charge in [-0.3, -0.25) is 4.99 Å². The van der Waals surface area contributed by atoms with Crippen LogP contribution in [-0.2, 0) is 44.9 Å². The number of Topliss-reactive ketones (excluding diaryl/α,β-unsaturated/α-hetero) is 4. The lowest BCUT2D eigenvalue weighted by Crippen LogP contribution is -2.06. The highest BCUT2D eigenvalue weighted by Gasteiger charge is 2.07. The number of nitrogens with zero attached hydrogens (tertiary/aromatic N) is 2. The van der Waals surface area contributed by atoms with Crippen LogP contribution in [0.4, 0.5) is 0 Å². The summed E-state index contributed by atoms with van der Waals surface area (Å²) >= 11 is 1.93. The van der Waals surface area contributed by atoms with E-state index in [2.05, 4.69) is 402 Å². The van der Waals surface area contributed by atoms with E-state index >= 15 is 0 Å². The molecule has 0 amide bonds. The van der Waals surface area contributed by atoms with Crippen molar-refractivity contribution in [2.45, 2.75) is 488 Å². The quantitative estimate of drug-likeness (QED) is 0.0203. The highest BCUT2D eigenvalue weighted by Crippen LogP contribution is 2.21. The number of fused-ring (bicyclic) bond motifs is 1. The van der Waals surface area contributed by atoms with Gasteiger partial charge < -0.3 is 34.9 Å². The zero-order valence-electron chi connectivity index (χ0n) is 100. The van der Waals surface area contributed by atoms with Crippen LogP contribution in [0.2, 0.25) is 0 Å². The molecule has 1 unspecified atom stereocenters. The third-order valence-electron chi connectivity index (χ3n) is 20.9. The second-order valence-corrected chi connectivity index (χ2v) is 46.5. The van der Waals surface area contributed by atoms with Gasteiger partial charge in [0.15, 0.2) is 0 Å². The van der Waals surface area contributed by atoms with Crippen LogP contribution in [0, 0.1) is 131 Å². The van der Waals surface area contributed by atoms with E-state index in [0.29, 0.717) is 47.0 Å². The smallest absolute Gasteiger partial charge is 0.130 e. The standard InChI is InChI=1S/C12H15N.C11H16.C10H14.C8H18N2.C8H18.C7H12N2.2C7H14O.2C7H16.2C6H12O.C6H14S.2C6H14.2C5H12/c1-9(2)7-10-8-13-12-6-4-3-5-11(10)12;1-9(2)8-11-6-4-10(3)5-7-11;1-9(2)8-10-6-4-3-5-7-10;1-7(2)5-4-6-10-8(3)9;1-4-5-6-7-8(2)3;1-6(2)3-7-4-8-5-9-7;2*1-6(2)4-5-7(3)8;1-6(2)5-7(3)4;1-5-7(4)6(2)3;2*1-5(2)4-6(3)7;1-6(2)4-5-7-3;2*1-5(2)6(3)4;2*1-4-5(2)3/h3-6,8-9,13H,7H2,1-2H3;4-7,9H,8H2,1-3H3;3-7,9H,8H2,1-2H3;7H,4-6H2,1-3H3,(H2,9,10);8H,4-7H2,1-3H3;4-6H,3H2,1-2H3,(H,8,9);2*6H,4-5H2,1-3H3;2*6-7H,5H2,1-4H3;2*5H,4H2,1-3H3;6H,4-5H2,1-3H3;2*5-6H,1-4H3;2*5H,4H2,1-3H3. The van der Waals surface area contributed by atoms with Crippen molar-refractivity contribution in [3.63, 3.8) is 0 Å². The van der Waals surface area contributed by atoms with Gasteiger partial charge in [0.05, 0.1) is 12.2 Å². The number of rotatable bonds is 37. The summed E-state index contributed by atoms with van der Waals surface area (Å²) in [5.41, 5.74) is 13.5. The predicted octanol–water partition coefficient (Wildman–Crippen LogP) is 39.8. The van der Waals surface area contributed by atoms with Crippen molar-refractivity contribution in [1.29, 1.82) is 0 Å². The van der Waals surface area contributed by atoms with E-state index in [1.54, 1.807) is 34.0 Å². The molecule has 10 heteroatoms. The molecule has 794 valence electrons. The Labute approximate surface area is 847 Å². The number of amidine groups is 1. The van der Waals surface area contributed by atoms with Crippen molar-refractivity contribution in [3.05, 3.63) is 126 Å². The Bertz CT molecular complexity index is 3070. The van der Waals surface area contributed by atoms with Gasteiger partial charge in [-0.1, -0.05) is 435 Å². The third kappa shape index (κ3) is 161. The molecule has 2 heterocycles. The molecule has 0 spiro atoms. The predicted molar refractivity (Wildman–Crippen MR) is 620 cm³/mol. The van der Waals surface area contributed by atoms with Gasteiger partial charge in [-0.05, 0) is 265 Å². The molecule has 2 aromatic heterocycles. The largest absolute Gasteiger partial charge is 0.388 e. The van der Waals surface area contributed by atoms with Crippen molar-refractivity contribution in [1.82, 2.24) is 15.0 Å². The summed E-state index contributed by atoms with van der Waals surface area (Å²) in [4.78, 5) is 55.6. The fourth-order valence-electron chi connectivity index (χ4n) is 10.3. The first-order valence-electron chi connectivity index (χ1n) is 54.2. The molecule has 3 aromatic carbocycles. The SMILES string of the molecule is CC(=O)CC(C)C.CC(=O)CC(C)C.CC(=O)CCC(C)C.CC(=O)CCC(C)C.CC(C)C(C)C.CC(C)C(C)C.CC(C)CC(C)C.CC(C)Cc1c[nH]c2ccccc12.CC(C)Cc1ccccc1.CC(C)Cc1cnc[nH]1.CC(N)=NCCCC(C)C.CCC(C)C.CCC(C)C.CCC(C)C(C)C.CCCCCC(C)C.CSCCC(C)C.Cc1ccc(CC(C)C)cc1. The number of carbonyl (C=O) groups is 4. The molecule has 5 rings (SSSR count). The van der Waals surface area contributed by atoms with E-state index in [-0.39, 0.29) is 11.6 Å². The van der Waals surface area contributed by atoms with Crippen molar-refractivity contribution in [3.8, 4) is 0 Å². The van der Waals surface area contributed by atoms with Crippen LogP contribution in [-0.4, -0.2) is 62.5 Å². The molecular formula is C124H243N5O4S. The number of imidazole rings is 1. The maximum atomic E-state index is 10.3. The molecule has 0 saturated carbocycles. The highest BCUT2D eigenvalue weighted by atomic mass is 32.2. The summed E-state index contributed by atoms with van der Waals surface area (Å²) in [5, 5.41) is 1.37. The minimum Gasteiger partial charge on any atom is -0.388 e. The Morgan fingerprint density at radius 1 is 0.366 bits per heavy atom. The van der Waals surface area contributed by atoms with E-state index in [9.17, 15) is 19.2 Å². The zero-order valence-corrected chi connectivity index (χ0v) is 101. The van der Waals surface area contributed by atoms with E-state index < -0.39 is 0 Å². The minimum atomic E-state index is 0.287. The van der Waals surface area contributed by atoms with Crippen molar-refractivity contribution in [2.75, 3.05) is 18.6 Å². The topological polar surface area (TPSA) is 151 Å². The molecule has 0 saturated heterocycles. The second kappa shape index (κ2) is 108. The molecule has 0 aliphatic heterocycles. The number of aromatic nitrogens is 3. The number of unbranched alkanes of at least 4 members (excludes halogenated alkanes) is 2. The second-order valence-electron chi connectivity index (χ2n) is 45.5. The van der Waals surface area contributed by atoms with Crippen molar-refractivity contribution < 1.29 is 19.2 Å². The number of nitrogens with one attached hydrogen (secondary N) is 2. The van der Waals surface area contributed by atoms with E-state index in [0.717, 1.165) is 159 Å². The number of benzene rings is 3. The number of aliphatic imine (C=N–C) groups is 1. The van der Waals surface area contributed by atoms with Gasteiger partial charge in [0.1, 0.15) is 23.1 Å².